The smallest absolute Gasteiger partial charge is 0.0677 e. The van der Waals surface area contributed by atoms with Crippen LogP contribution < -0.4 is 0 Å². The molecule has 0 fully saturated rings. The molecular weight excluding hydrogens is 208 g/mol. The lowest BCUT2D eigenvalue weighted by atomic mass is 10.1. The Morgan fingerprint density at radius 2 is 0.938 bits per heavy atom. The molecule has 1 aliphatic rings. The van der Waals surface area contributed by atoms with Crippen LogP contribution in [0, 0.1) is 5.54 Å². The SMILES string of the molecule is CC[Si](CC)(CC)[C]1C(C)=C(C)C(C)=C1C. The number of hydrogen-bond acceptors (Lipinski definition) is 0. The van der Waals surface area contributed by atoms with Gasteiger partial charge in [0.1, 0.15) is 0 Å². The Morgan fingerprint density at radius 1 is 0.625 bits per heavy atom. The molecule has 0 saturated heterocycles. The second-order valence-corrected chi connectivity index (χ2v) is 10.4. The summed E-state index contributed by atoms with van der Waals surface area (Å²) in [6.45, 7) is 16.5. The molecule has 1 aliphatic carbocycles. The van der Waals surface area contributed by atoms with E-state index in [4.69, 9.17) is 0 Å². The fourth-order valence-electron chi connectivity index (χ4n) is 3.29. The van der Waals surface area contributed by atoms with Crippen molar-refractivity contribution in [3.8, 4) is 0 Å². The molecular formula is C15H27Si. The summed E-state index contributed by atoms with van der Waals surface area (Å²) in [5.41, 5.74) is 8.08. The van der Waals surface area contributed by atoms with Crippen molar-refractivity contribution in [1.82, 2.24) is 0 Å². The van der Waals surface area contributed by atoms with Gasteiger partial charge in [0.25, 0.3) is 0 Å². The molecule has 0 aromatic heterocycles. The largest absolute Gasteiger partial charge is 0.0699 e. The molecule has 0 N–H and O–H groups in total. The van der Waals surface area contributed by atoms with Gasteiger partial charge in [-0.3, -0.25) is 0 Å². The van der Waals surface area contributed by atoms with Crippen LogP contribution in [0.1, 0.15) is 48.5 Å². The van der Waals surface area contributed by atoms with Crippen molar-refractivity contribution < 1.29 is 0 Å². The lowest BCUT2D eigenvalue weighted by molar-refractivity contribution is 1.10. The summed E-state index contributed by atoms with van der Waals surface area (Å²) in [4.78, 5) is 0. The van der Waals surface area contributed by atoms with Crippen molar-refractivity contribution in [3.63, 3.8) is 0 Å². The van der Waals surface area contributed by atoms with Crippen molar-refractivity contribution >= 4 is 8.07 Å². The molecule has 0 unspecified atom stereocenters. The quantitative estimate of drug-likeness (QED) is 0.580. The summed E-state index contributed by atoms with van der Waals surface area (Å²) in [7, 11) is -1.19. The van der Waals surface area contributed by atoms with Gasteiger partial charge in [0.2, 0.25) is 0 Å². The molecule has 0 spiro atoms. The molecule has 0 nitrogen and oxygen atoms in total. The number of allylic oxidation sites excluding steroid dienone is 4. The molecule has 0 atom stereocenters. The topological polar surface area (TPSA) is 0 Å². The van der Waals surface area contributed by atoms with E-state index in [1.165, 1.54) is 18.1 Å². The Morgan fingerprint density at radius 3 is 1.19 bits per heavy atom. The summed E-state index contributed by atoms with van der Waals surface area (Å²) >= 11 is 0. The fraction of sp³-hybridized carbons (Fsp3) is 0.667. The van der Waals surface area contributed by atoms with Crippen LogP contribution in [0.15, 0.2) is 22.3 Å². The third-order valence-corrected chi connectivity index (χ3v) is 10.9. The zero-order valence-electron chi connectivity index (χ0n) is 12.1. The molecule has 0 saturated carbocycles. The lowest BCUT2D eigenvalue weighted by Crippen LogP contribution is -2.40. The van der Waals surface area contributed by atoms with Crippen LogP contribution in [0.4, 0.5) is 0 Å². The summed E-state index contributed by atoms with van der Waals surface area (Å²) in [6.07, 6.45) is 0. The molecule has 1 heteroatoms. The molecule has 0 heterocycles. The van der Waals surface area contributed by atoms with Gasteiger partial charge < -0.3 is 0 Å². The van der Waals surface area contributed by atoms with Crippen molar-refractivity contribution in [3.05, 3.63) is 27.8 Å². The van der Waals surface area contributed by atoms with Gasteiger partial charge in [0.15, 0.2) is 0 Å². The summed E-state index contributed by atoms with van der Waals surface area (Å²) in [5, 5.41) is 0. The van der Waals surface area contributed by atoms with Gasteiger partial charge in [0.05, 0.1) is 8.07 Å². The second kappa shape index (κ2) is 4.91. The fourth-order valence-corrected chi connectivity index (χ4v) is 7.82. The van der Waals surface area contributed by atoms with Crippen LogP contribution in [-0.2, 0) is 0 Å². The van der Waals surface area contributed by atoms with Gasteiger partial charge in [0, 0.05) is 5.54 Å². The first-order valence-corrected chi connectivity index (χ1v) is 9.30. The van der Waals surface area contributed by atoms with E-state index in [9.17, 15) is 0 Å². The van der Waals surface area contributed by atoms with Gasteiger partial charge in [-0.2, -0.15) is 0 Å². The lowest BCUT2D eigenvalue weighted by Gasteiger charge is -2.36. The van der Waals surface area contributed by atoms with Gasteiger partial charge in [-0.1, -0.05) is 50.0 Å². The normalized spacial score (nSPS) is 18.9. The second-order valence-electron chi connectivity index (χ2n) is 5.22. The van der Waals surface area contributed by atoms with Crippen LogP contribution in [0.3, 0.4) is 0 Å². The molecule has 91 valence electrons. The van der Waals surface area contributed by atoms with Gasteiger partial charge in [-0.15, -0.1) is 0 Å². The van der Waals surface area contributed by atoms with E-state index < -0.39 is 8.07 Å². The monoisotopic (exact) mass is 235 g/mol. The van der Waals surface area contributed by atoms with Gasteiger partial charge in [-0.05, 0) is 38.8 Å². The average molecular weight is 235 g/mol. The minimum Gasteiger partial charge on any atom is -0.0677 e. The summed E-state index contributed by atoms with van der Waals surface area (Å²) < 4.78 is 0. The van der Waals surface area contributed by atoms with Crippen molar-refractivity contribution in [2.45, 2.75) is 66.6 Å². The van der Waals surface area contributed by atoms with Crippen LogP contribution in [0.5, 0.6) is 0 Å². The zero-order valence-corrected chi connectivity index (χ0v) is 13.1. The molecule has 0 amide bonds. The van der Waals surface area contributed by atoms with Crippen LogP contribution in [-0.4, -0.2) is 8.07 Å². The molecule has 0 bridgehead atoms. The highest BCUT2D eigenvalue weighted by Gasteiger charge is 2.42. The maximum Gasteiger partial charge on any atom is 0.0699 e. The zero-order chi connectivity index (χ0) is 12.5. The first-order chi connectivity index (χ1) is 7.45. The molecule has 1 radical (unpaired) electrons. The minimum atomic E-state index is -1.19. The Hall–Kier alpha value is -0.303. The van der Waals surface area contributed by atoms with E-state index in [-0.39, 0.29) is 0 Å². The third-order valence-electron chi connectivity index (χ3n) is 5.00. The third kappa shape index (κ3) is 1.83. The summed E-state index contributed by atoms with van der Waals surface area (Å²) in [6, 6.07) is 4.18. The summed E-state index contributed by atoms with van der Waals surface area (Å²) in [5.74, 6) is 0. The Labute approximate surface area is 103 Å². The highest BCUT2D eigenvalue weighted by atomic mass is 28.3. The number of rotatable bonds is 4. The van der Waals surface area contributed by atoms with Crippen molar-refractivity contribution in [1.29, 1.82) is 0 Å². The van der Waals surface area contributed by atoms with Crippen LogP contribution in [0.2, 0.25) is 18.1 Å². The van der Waals surface area contributed by atoms with E-state index in [2.05, 4.69) is 48.5 Å². The van der Waals surface area contributed by atoms with E-state index in [0.717, 1.165) is 0 Å². The maximum absolute atomic E-state index is 2.40. The molecule has 0 aromatic carbocycles. The Balaban J connectivity index is 3.24. The maximum atomic E-state index is 2.40. The van der Waals surface area contributed by atoms with Crippen molar-refractivity contribution in [2.75, 3.05) is 0 Å². The Kier molecular flexibility index (Phi) is 4.22. The highest BCUT2D eigenvalue weighted by Crippen LogP contribution is 2.47. The average Bonchev–Trinajstić information content (AvgIpc) is 2.49. The first kappa shape index (κ1) is 13.8. The standard InChI is InChI=1S/C15H27Si/c1-8-16(9-2,10-3)15-13(6)11(4)12(5)14(15)7/h8-10H2,1-7H3. The van der Waals surface area contributed by atoms with Crippen LogP contribution >= 0.6 is 0 Å². The molecule has 0 aliphatic heterocycles. The van der Waals surface area contributed by atoms with Crippen LogP contribution in [0.25, 0.3) is 0 Å². The predicted molar refractivity (Wildman–Crippen MR) is 77.2 cm³/mol. The number of hydrogen-bond donors (Lipinski definition) is 0. The van der Waals surface area contributed by atoms with Gasteiger partial charge in [-0.25, -0.2) is 0 Å². The predicted octanol–water partition coefficient (Wildman–Crippen LogP) is 5.29. The first-order valence-electron chi connectivity index (χ1n) is 6.68. The minimum absolute atomic E-state index is 1.19. The highest BCUT2D eigenvalue weighted by molar-refractivity contribution is 6.86. The van der Waals surface area contributed by atoms with E-state index >= 15 is 0 Å². The van der Waals surface area contributed by atoms with Gasteiger partial charge >= 0.3 is 0 Å². The van der Waals surface area contributed by atoms with E-state index in [0.29, 0.717) is 0 Å². The van der Waals surface area contributed by atoms with E-state index in [1.54, 1.807) is 27.8 Å². The molecule has 16 heavy (non-hydrogen) atoms. The Bertz CT molecular complexity index is 297. The van der Waals surface area contributed by atoms with E-state index in [1.807, 2.05) is 0 Å². The molecule has 1 rings (SSSR count). The van der Waals surface area contributed by atoms with Crippen molar-refractivity contribution in [2.24, 2.45) is 0 Å². The molecule has 0 aromatic rings.